The third-order valence-corrected chi connectivity index (χ3v) is 5.84. The van der Waals surface area contributed by atoms with E-state index in [4.69, 9.17) is 4.65 Å². The Bertz CT molecular complexity index is 458. The molecule has 1 aromatic heterocycles. The van der Waals surface area contributed by atoms with Crippen molar-refractivity contribution in [1.29, 1.82) is 0 Å². The van der Waals surface area contributed by atoms with Crippen LogP contribution in [0.3, 0.4) is 0 Å². The van der Waals surface area contributed by atoms with Gasteiger partial charge in [0.15, 0.2) is 0 Å². The molecule has 1 aromatic rings. The first kappa shape index (κ1) is 17.0. The summed E-state index contributed by atoms with van der Waals surface area (Å²) in [6.45, 7) is 7.03. The molecule has 1 fully saturated rings. The van der Waals surface area contributed by atoms with Crippen LogP contribution in [0, 0.1) is 0 Å². The molecule has 1 saturated carbocycles. The number of rotatable bonds is 5. The third-order valence-electron chi connectivity index (χ3n) is 4.88. The van der Waals surface area contributed by atoms with Crippen LogP contribution < -0.4 is 4.78 Å². The Morgan fingerprint density at radius 1 is 1.19 bits per heavy atom. The molecule has 0 bridgehead atoms. The molecule has 0 spiro atoms. The van der Waals surface area contributed by atoms with E-state index in [1.54, 1.807) is 25.2 Å². The molecule has 0 unspecified atom stereocenters. The molecule has 3 nitrogen and oxygen atoms in total. The van der Waals surface area contributed by atoms with Gasteiger partial charge in [-0.2, -0.15) is 11.3 Å². The quantitative estimate of drug-likeness (QED) is 0.822. The van der Waals surface area contributed by atoms with Gasteiger partial charge < -0.3 is 14.8 Å². The summed E-state index contributed by atoms with van der Waals surface area (Å²) >= 11 is 1.55. The minimum Gasteiger partial charge on any atom is -0.423 e. The van der Waals surface area contributed by atoms with Gasteiger partial charge in [0, 0.05) is 4.78 Å². The first-order valence-electron chi connectivity index (χ1n) is 7.88. The molecular weight excluding hydrogens is 283 g/mol. The van der Waals surface area contributed by atoms with Gasteiger partial charge in [-0.1, -0.05) is 19.3 Å². The highest BCUT2D eigenvalue weighted by Crippen LogP contribution is 2.33. The van der Waals surface area contributed by atoms with Crippen molar-refractivity contribution in [3.63, 3.8) is 0 Å². The van der Waals surface area contributed by atoms with Crippen molar-refractivity contribution in [1.82, 2.24) is 0 Å². The maximum Gasteiger partial charge on any atom is 0.502 e. The van der Waals surface area contributed by atoms with E-state index in [9.17, 15) is 10.1 Å². The number of thiophene rings is 1. The van der Waals surface area contributed by atoms with E-state index < -0.39 is 18.3 Å². The van der Waals surface area contributed by atoms with Gasteiger partial charge in [-0.05, 0) is 63.5 Å². The smallest absolute Gasteiger partial charge is 0.423 e. The Morgan fingerprint density at radius 2 is 1.81 bits per heavy atom. The summed E-state index contributed by atoms with van der Waals surface area (Å²) in [6.07, 6.45) is 6.26. The van der Waals surface area contributed by atoms with E-state index >= 15 is 0 Å². The Hall–Kier alpha value is -0.355. The van der Waals surface area contributed by atoms with Gasteiger partial charge in [0.25, 0.3) is 0 Å². The summed E-state index contributed by atoms with van der Waals surface area (Å²) in [5.74, 6) is 0.545. The fraction of sp³-hybridized carbons (Fsp3) is 0.750. The lowest BCUT2D eigenvalue weighted by molar-refractivity contribution is -0.0982. The van der Waals surface area contributed by atoms with Gasteiger partial charge in [0.1, 0.15) is 0 Å². The lowest BCUT2D eigenvalue weighted by Gasteiger charge is -2.38. The fourth-order valence-corrected chi connectivity index (χ4v) is 3.66. The largest absolute Gasteiger partial charge is 0.502 e. The molecule has 5 heteroatoms. The van der Waals surface area contributed by atoms with Crippen molar-refractivity contribution < 1.29 is 14.8 Å². The highest BCUT2D eigenvalue weighted by atomic mass is 32.1. The van der Waals surface area contributed by atoms with Crippen molar-refractivity contribution in [2.45, 2.75) is 76.9 Å². The van der Waals surface area contributed by atoms with Crippen LogP contribution in [0.5, 0.6) is 0 Å². The van der Waals surface area contributed by atoms with Gasteiger partial charge in [0.2, 0.25) is 0 Å². The van der Waals surface area contributed by atoms with E-state index in [0.29, 0.717) is 5.92 Å². The maximum absolute atomic E-state index is 10.5. The molecule has 21 heavy (non-hydrogen) atoms. The highest BCUT2D eigenvalue weighted by Gasteiger charge is 2.40. The van der Waals surface area contributed by atoms with Crippen LogP contribution >= 0.6 is 11.3 Å². The second kappa shape index (κ2) is 6.41. The highest BCUT2D eigenvalue weighted by molar-refractivity contribution is 7.20. The molecule has 1 aliphatic rings. The Morgan fingerprint density at radius 3 is 2.38 bits per heavy atom. The van der Waals surface area contributed by atoms with E-state index in [1.165, 1.54) is 37.7 Å². The summed E-state index contributed by atoms with van der Waals surface area (Å²) in [6, 6.07) is 2.12. The van der Waals surface area contributed by atoms with Crippen molar-refractivity contribution in [3.8, 4) is 0 Å². The zero-order valence-corrected chi connectivity index (χ0v) is 14.4. The normalized spacial score (nSPS) is 18.0. The van der Waals surface area contributed by atoms with Crippen LogP contribution in [-0.2, 0) is 4.65 Å². The first-order valence-corrected chi connectivity index (χ1v) is 8.76. The Labute approximate surface area is 132 Å². The van der Waals surface area contributed by atoms with E-state index in [-0.39, 0.29) is 0 Å². The number of hydrogen-bond donors (Lipinski definition) is 2. The standard InChI is InChI=1S/C16H27BO3S/c1-15(2,18)16(3,4)20-17(19)14-13(10-11-21-14)12-8-6-5-7-9-12/h10-12,18-19H,5-9H2,1-4H3. The van der Waals surface area contributed by atoms with Gasteiger partial charge in [-0.15, -0.1) is 0 Å². The van der Waals surface area contributed by atoms with Gasteiger partial charge in [-0.3, -0.25) is 0 Å². The topological polar surface area (TPSA) is 49.7 Å². The molecule has 0 atom stereocenters. The average molecular weight is 310 g/mol. The predicted molar refractivity (Wildman–Crippen MR) is 89.2 cm³/mol. The van der Waals surface area contributed by atoms with Crippen molar-refractivity contribution in [2.75, 3.05) is 0 Å². The molecule has 118 valence electrons. The predicted octanol–water partition coefficient (Wildman–Crippen LogP) is 3.05. The molecule has 0 aromatic carbocycles. The first-order chi connectivity index (χ1) is 9.72. The maximum atomic E-state index is 10.5. The summed E-state index contributed by atoms with van der Waals surface area (Å²) < 4.78 is 6.70. The Balaban J connectivity index is 2.13. The molecular formula is C16H27BO3S. The van der Waals surface area contributed by atoms with Crippen molar-refractivity contribution in [2.24, 2.45) is 0 Å². The van der Waals surface area contributed by atoms with Gasteiger partial charge >= 0.3 is 7.12 Å². The summed E-state index contributed by atoms with van der Waals surface area (Å²) in [7, 11) is -0.969. The SMILES string of the molecule is CC(C)(O)C(C)(C)OB(O)c1sccc1C1CCCCC1. The monoisotopic (exact) mass is 310 g/mol. The molecule has 0 amide bonds. The second-order valence-corrected chi connectivity index (χ2v) is 8.06. The van der Waals surface area contributed by atoms with Crippen LogP contribution in [0.15, 0.2) is 11.4 Å². The van der Waals surface area contributed by atoms with Crippen LogP contribution in [0.2, 0.25) is 0 Å². The van der Waals surface area contributed by atoms with Crippen molar-refractivity contribution in [3.05, 3.63) is 17.0 Å². The third kappa shape index (κ3) is 3.89. The van der Waals surface area contributed by atoms with Gasteiger partial charge in [-0.25, -0.2) is 0 Å². The molecule has 1 heterocycles. The molecule has 2 N–H and O–H groups in total. The summed E-state index contributed by atoms with van der Waals surface area (Å²) in [5.41, 5.74) is -0.602. The lowest BCUT2D eigenvalue weighted by Crippen LogP contribution is -2.53. The van der Waals surface area contributed by atoms with E-state index in [2.05, 4.69) is 6.07 Å². The van der Waals surface area contributed by atoms with Crippen LogP contribution in [0.25, 0.3) is 0 Å². The molecule has 2 rings (SSSR count). The van der Waals surface area contributed by atoms with Crippen molar-refractivity contribution >= 4 is 23.2 Å². The number of aliphatic hydroxyl groups is 1. The summed E-state index contributed by atoms with van der Waals surface area (Å²) in [5, 5.41) is 22.7. The average Bonchev–Trinajstić information content (AvgIpc) is 2.87. The molecule has 1 aliphatic carbocycles. The number of hydrogen-bond acceptors (Lipinski definition) is 4. The van der Waals surface area contributed by atoms with E-state index in [0.717, 1.165) is 4.78 Å². The van der Waals surface area contributed by atoms with Crippen LogP contribution in [-0.4, -0.2) is 28.5 Å². The zero-order valence-electron chi connectivity index (χ0n) is 13.6. The van der Waals surface area contributed by atoms with Crippen LogP contribution in [0.1, 0.15) is 71.3 Å². The van der Waals surface area contributed by atoms with Crippen LogP contribution in [0.4, 0.5) is 0 Å². The minimum absolute atomic E-state index is 0.545. The Kier molecular flexibility index (Phi) is 5.19. The zero-order chi connectivity index (χ0) is 15.7. The molecule has 0 radical (unpaired) electrons. The van der Waals surface area contributed by atoms with E-state index in [1.807, 2.05) is 19.2 Å². The van der Waals surface area contributed by atoms with Gasteiger partial charge in [0.05, 0.1) is 11.2 Å². The minimum atomic E-state index is -1.02. The second-order valence-electron chi connectivity index (χ2n) is 7.11. The molecule has 0 saturated heterocycles. The summed E-state index contributed by atoms with van der Waals surface area (Å²) in [4.78, 5) is 0. The lowest BCUT2D eigenvalue weighted by atomic mass is 9.75. The molecule has 0 aliphatic heterocycles. The fourth-order valence-electron chi connectivity index (χ4n) is 2.76.